The van der Waals surface area contributed by atoms with Gasteiger partial charge < -0.3 is 10.2 Å². The van der Waals surface area contributed by atoms with Crippen molar-refractivity contribution in [2.45, 2.75) is 38.6 Å². The lowest BCUT2D eigenvalue weighted by molar-refractivity contribution is -0.136. The van der Waals surface area contributed by atoms with Crippen LogP contribution in [0.25, 0.3) is 16.8 Å². The second kappa shape index (κ2) is 6.43. The van der Waals surface area contributed by atoms with Crippen LogP contribution in [0.15, 0.2) is 23.0 Å². The quantitative estimate of drug-likeness (QED) is 0.699. The Bertz CT molecular complexity index is 1180. The normalized spacial score (nSPS) is 14.0. The predicted octanol–water partition coefficient (Wildman–Crippen LogP) is 2.67. The maximum absolute atomic E-state index is 14.6. The van der Waals surface area contributed by atoms with Gasteiger partial charge in [0.05, 0.1) is 23.2 Å². The van der Waals surface area contributed by atoms with Crippen LogP contribution in [0, 0.1) is 11.6 Å². The van der Waals surface area contributed by atoms with Crippen LogP contribution in [-0.2, 0) is 17.6 Å². The van der Waals surface area contributed by atoms with Crippen LogP contribution in [0.4, 0.5) is 8.78 Å². The van der Waals surface area contributed by atoms with Gasteiger partial charge in [0.1, 0.15) is 11.6 Å². The Morgan fingerprint density at radius 1 is 1.32 bits per heavy atom. The summed E-state index contributed by atoms with van der Waals surface area (Å²) in [4.78, 5) is 24.0. The van der Waals surface area contributed by atoms with Gasteiger partial charge in [0.2, 0.25) is 5.88 Å². The molecule has 1 saturated carbocycles. The van der Waals surface area contributed by atoms with Crippen molar-refractivity contribution in [3.63, 3.8) is 0 Å². The highest BCUT2D eigenvalue weighted by atomic mass is 19.1. The fourth-order valence-electron chi connectivity index (χ4n) is 3.49. The summed E-state index contributed by atoms with van der Waals surface area (Å²) < 4.78 is 30.4. The average Bonchev–Trinajstić information content (AvgIpc) is 3.39. The molecule has 0 radical (unpaired) electrons. The molecule has 0 atom stereocenters. The third-order valence-corrected chi connectivity index (χ3v) is 4.89. The van der Waals surface area contributed by atoms with Gasteiger partial charge in [0.25, 0.3) is 5.56 Å². The molecule has 2 aromatic heterocycles. The Hall–Kier alpha value is -3.23. The maximum Gasteiger partial charge on any atom is 0.308 e. The van der Waals surface area contributed by atoms with Gasteiger partial charge in [-0.15, -0.1) is 0 Å². The number of hydrogen-bond acceptors (Lipinski definition) is 4. The van der Waals surface area contributed by atoms with E-state index in [1.54, 1.807) is 6.92 Å². The first-order chi connectivity index (χ1) is 13.3. The molecular formula is C19H17F2N3O4. The number of benzene rings is 1. The van der Waals surface area contributed by atoms with Crippen molar-refractivity contribution >= 4 is 11.6 Å². The molecule has 0 saturated heterocycles. The van der Waals surface area contributed by atoms with Gasteiger partial charge in [-0.1, -0.05) is 6.92 Å². The van der Waals surface area contributed by atoms with E-state index < -0.39 is 35.5 Å². The number of hydrogen-bond donors (Lipinski definition) is 2. The number of rotatable bonds is 5. The summed E-state index contributed by atoms with van der Waals surface area (Å²) in [6.45, 7) is 1.77. The lowest BCUT2D eigenvalue weighted by atomic mass is 10.0. The van der Waals surface area contributed by atoms with Crippen molar-refractivity contribution in [1.29, 1.82) is 0 Å². The highest BCUT2D eigenvalue weighted by Gasteiger charge is 2.33. The van der Waals surface area contributed by atoms with E-state index in [0.29, 0.717) is 17.7 Å². The van der Waals surface area contributed by atoms with Gasteiger partial charge in [-0.25, -0.2) is 8.78 Å². The Morgan fingerprint density at radius 2 is 2.04 bits per heavy atom. The SMILES string of the molecule is CCc1nn2c(=O)c(CC(=O)O)c(O)n(C3CC3)c2c1-c1ccc(F)cc1F. The fourth-order valence-corrected chi connectivity index (χ4v) is 3.49. The Balaban J connectivity index is 2.14. The number of carboxylic acid groups (broad SMARTS) is 1. The van der Waals surface area contributed by atoms with E-state index in [-0.39, 0.29) is 22.8 Å². The van der Waals surface area contributed by atoms with Crippen LogP contribution < -0.4 is 5.56 Å². The highest BCUT2D eigenvalue weighted by molar-refractivity contribution is 5.82. The molecule has 3 aromatic rings. The van der Waals surface area contributed by atoms with E-state index in [2.05, 4.69) is 5.10 Å². The summed E-state index contributed by atoms with van der Waals surface area (Å²) in [5, 5.41) is 24.1. The molecule has 146 valence electrons. The molecule has 4 rings (SSSR count). The number of carboxylic acids is 1. The molecule has 0 amide bonds. The van der Waals surface area contributed by atoms with Crippen molar-refractivity contribution < 1.29 is 23.8 Å². The summed E-state index contributed by atoms with van der Waals surface area (Å²) in [5.41, 5.74) is -0.113. The van der Waals surface area contributed by atoms with Gasteiger partial charge in [-0.3, -0.25) is 14.2 Å². The standard InChI is InChI=1S/C19H17F2N3O4/c1-2-14-16(11-6-3-9(20)7-13(11)21)17-23(10-4-5-10)18(27)12(8-15(25)26)19(28)24(17)22-14/h3,6-7,10,27H,2,4-5,8H2,1H3,(H,25,26). The second-order valence-corrected chi connectivity index (χ2v) is 6.81. The zero-order chi connectivity index (χ0) is 20.2. The van der Waals surface area contributed by atoms with Crippen LogP contribution in [0.1, 0.15) is 37.1 Å². The molecule has 2 heterocycles. The highest BCUT2D eigenvalue weighted by Crippen LogP contribution is 2.43. The summed E-state index contributed by atoms with van der Waals surface area (Å²) in [5.74, 6) is -3.26. The molecular weight excluding hydrogens is 372 g/mol. The topological polar surface area (TPSA) is 96.8 Å². The number of aliphatic carboxylic acids is 1. The maximum atomic E-state index is 14.6. The Kier molecular flexibility index (Phi) is 4.17. The first kappa shape index (κ1) is 18.1. The fraction of sp³-hybridized carbons (Fsp3) is 0.316. The second-order valence-electron chi connectivity index (χ2n) is 6.81. The van der Waals surface area contributed by atoms with Crippen molar-refractivity contribution in [2.24, 2.45) is 0 Å². The third-order valence-electron chi connectivity index (χ3n) is 4.89. The van der Waals surface area contributed by atoms with Crippen molar-refractivity contribution in [3.05, 3.63) is 51.4 Å². The zero-order valence-electron chi connectivity index (χ0n) is 14.9. The summed E-state index contributed by atoms with van der Waals surface area (Å²) >= 11 is 0. The summed E-state index contributed by atoms with van der Waals surface area (Å²) in [6, 6.07) is 2.97. The third kappa shape index (κ3) is 2.74. The van der Waals surface area contributed by atoms with Gasteiger partial charge in [-0.05, 0) is 31.4 Å². The molecule has 1 aromatic carbocycles. The number of aryl methyl sites for hydroxylation is 1. The van der Waals surface area contributed by atoms with Crippen molar-refractivity contribution in [2.75, 3.05) is 0 Å². The first-order valence-electron chi connectivity index (χ1n) is 8.88. The number of aromatic nitrogens is 3. The van der Waals surface area contributed by atoms with Crippen LogP contribution in [0.3, 0.4) is 0 Å². The lowest BCUT2D eigenvalue weighted by Crippen LogP contribution is -2.25. The monoisotopic (exact) mass is 389 g/mol. The molecule has 1 aliphatic carbocycles. The minimum absolute atomic E-state index is 0.0624. The van der Waals surface area contributed by atoms with E-state index in [4.69, 9.17) is 5.11 Å². The number of aromatic hydroxyl groups is 1. The van der Waals surface area contributed by atoms with Crippen LogP contribution >= 0.6 is 0 Å². The zero-order valence-corrected chi connectivity index (χ0v) is 14.9. The smallest absolute Gasteiger partial charge is 0.308 e. The largest absolute Gasteiger partial charge is 0.494 e. The van der Waals surface area contributed by atoms with Gasteiger partial charge in [-0.2, -0.15) is 9.61 Å². The molecule has 9 heteroatoms. The first-order valence-corrected chi connectivity index (χ1v) is 8.88. The van der Waals surface area contributed by atoms with Crippen molar-refractivity contribution in [1.82, 2.24) is 14.2 Å². The van der Waals surface area contributed by atoms with Gasteiger partial charge in [0.15, 0.2) is 5.65 Å². The molecule has 28 heavy (non-hydrogen) atoms. The molecule has 0 unspecified atom stereocenters. The molecule has 0 spiro atoms. The van der Waals surface area contributed by atoms with Gasteiger partial charge >= 0.3 is 5.97 Å². The molecule has 1 fully saturated rings. The van der Waals surface area contributed by atoms with E-state index >= 15 is 0 Å². The molecule has 2 N–H and O–H groups in total. The van der Waals surface area contributed by atoms with E-state index in [1.165, 1.54) is 10.6 Å². The molecule has 1 aliphatic rings. The van der Waals surface area contributed by atoms with Crippen LogP contribution in [0.2, 0.25) is 0 Å². The molecule has 0 aliphatic heterocycles. The minimum atomic E-state index is -1.26. The van der Waals surface area contributed by atoms with E-state index in [9.17, 15) is 23.5 Å². The predicted molar refractivity (Wildman–Crippen MR) is 95.5 cm³/mol. The average molecular weight is 389 g/mol. The van der Waals surface area contributed by atoms with Gasteiger partial charge in [0, 0.05) is 17.7 Å². The number of halogens is 2. The molecule has 0 bridgehead atoms. The summed E-state index contributed by atoms with van der Waals surface area (Å²) in [7, 11) is 0. The van der Waals surface area contributed by atoms with Crippen LogP contribution in [0.5, 0.6) is 5.88 Å². The van der Waals surface area contributed by atoms with Crippen LogP contribution in [-0.4, -0.2) is 30.4 Å². The number of carbonyl (C=O) groups is 1. The number of nitrogens with zero attached hydrogens (tertiary/aromatic N) is 3. The number of fused-ring (bicyclic) bond motifs is 1. The molecule has 7 nitrogen and oxygen atoms in total. The Morgan fingerprint density at radius 3 is 2.61 bits per heavy atom. The van der Waals surface area contributed by atoms with E-state index in [1.807, 2.05) is 0 Å². The van der Waals surface area contributed by atoms with Crippen molar-refractivity contribution in [3.8, 4) is 17.0 Å². The Labute approximate surface area is 157 Å². The van der Waals surface area contributed by atoms with E-state index in [0.717, 1.165) is 29.5 Å². The summed E-state index contributed by atoms with van der Waals surface area (Å²) in [6.07, 6.45) is 1.13. The minimum Gasteiger partial charge on any atom is -0.494 e. The lowest BCUT2D eigenvalue weighted by Gasteiger charge is -2.15.